The fraction of sp³-hybridized carbons (Fsp3) is 0.478. The van der Waals surface area contributed by atoms with Gasteiger partial charge in [0.2, 0.25) is 18.3 Å². The van der Waals surface area contributed by atoms with Gasteiger partial charge in [-0.3, -0.25) is 24.0 Å². The van der Waals surface area contributed by atoms with Crippen molar-refractivity contribution in [3.63, 3.8) is 0 Å². The third kappa shape index (κ3) is 8.45. The normalized spacial score (nSPS) is 22.7. The molecule has 1 saturated heterocycles. The van der Waals surface area contributed by atoms with E-state index in [1.165, 1.54) is 19.1 Å². The molecule has 1 amide bonds. The number of rotatable bonds is 9. The third-order valence-corrected chi connectivity index (χ3v) is 4.73. The van der Waals surface area contributed by atoms with Gasteiger partial charge < -0.3 is 38.8 Å². The van der Waals surface area contributed by atoms with Gasteiger partial charge in [-0.25, -0.2) is 4.79 Å². The predicted molar refractivity (Wildman–Crippen MR) is 120 cm³/mol. The predicted octanol–water partition coefficient (Wildman–Crippen LogP) is 0.805. The summed E-state index contributed by atoms with van der Waals surface area (Å²) in [6.45, 7) is 5.08. The maximum atomic E-state index is 11.9. The summed E-state index contributed by atoms with van der Waals surface area (Å²) in [7, 11) is 0. The zero-order valence-electron chi connectivity index (χ0n) is 20.7. The van der Waals surface area contributed by atoms with Crippen molar-refractivity contribution >= 4 is 41.4 Å². The molecule has 1 heterocycles. The van der Waals surface area contributed by atoms with Crippen molar-refractivity contribution in [3.8, 4) is 5.75 Å². The fourth-order valence-electron chi connectivity index (χ4n) is 3.46. The lowest BCUT2D eigenvalue weighted by Gasteiger charge is -2.44. The van der Waals surface area contributed by atoms with Crippen LogP contribution in [0, 0.1) is 0 Å². The molecule has 37 heavy (non-hydrogen) atoms. The molecule has 1 aliphatic heterocycles. The van der Waals surface area contributed by atoms with Gasteiger partial charge in [0.15, 0.2) is 12.2 Å². The molecule has 1 aromatic rings. The van der Waals surface area contributed by atoms with E-state index in [0.29, 0.717) is 0 Å². The van der Waals surface area contributed by atoms with Gasteiger partial charge >= 0.3 is 29.8 Å². The average Bonchev–Trinajstić information content (AvgIpc) is 2.76. The van der Waals surface area contributed by atoms with Crippen LogP contribution < -0.4 is 10.1 Å². The number of carbonyl (C=O) groups is 6. The Bertz CT molecular complexity index is 1070. The van der Waals surface area contributed by atoms with Crippen molar-refractivity contribution in [1.29, 1.82) is 0 Å². The quantitative estimate of drug-likeness (QED) is 0.340. The molecule has 0 bridgehead atoms. The summed E-state index contributed by atoms with van der Waals surface area (Å²) in [4.78, 5) is 70.2. The molecule has 1 aromatic carbocycles. The van der Waals surface area contributed by atoms with E-state index in [-0.39, 0.29) is 17.0 Å². The Labute approximate surface area is 211 Å². The van der Waals surface area contributed by atoms with Crippen LogP contribution in [0.4, 0.5) is 5.69 Å². The summed E-state index contributed by atoms with van der Waals surface area (Å²) in [6, 6.07) is 3.54. The second-order valence-corrected chi connectivity index (χ2v) is 7.88. The second-order valence-electron chi connectivity index (χ2n) is 7.88. The minimum Gasteiger partial charge on any atom is -0.478 e. The molecule has 2 N–H and O–H groups in total. The number of benzene rings is 1. The maximum Gasteiger partial charge on any atom is 0.335 e. The van der Waals surface area contributed by atoms with Crippen molar-refractivity contribution < 1.29 is 62.3 Å². The molecule has 202 valence electrons. The summed E-state index contributed by atoms with van der Waals surface area (Å²) < 4.78 is 32.6. The van der Waals surface area contributed by atoms with Gasteiger partial charge in [-0.2, -0.15) is 0 Å². The molecule has 0 aromatic heterocycles. The second kappa shape index (κ2) is 12.7. The standard InChI is InChI=1S/C23H27NO13/c1-10(25)24-16-8-15(22(30)31)6-7-17(16)36-23-21(35-14(5)29)20(34-13(4)28)19(33-12(3)27)18(37-23)9-32-11(2)26/h6-8,18-21,23H,9H2,1-5H3,(H,24,25)(H,30,31)/t18-,19-,20+,21-,23-/m1/s1. The van der Waals surface area contributed by atoms with Crippen molar-refractivity contribution in [2.45, 2.75) is 65.3 Å². The first kappa shape index (κ1) is 29.0. The summed E-state index contributed by atoms with van der Waals surface area (Å²) >= 11 is 0. The lowest BCUT2D eigenvalue weighted by atomic mass is 9.98. The van der Waals surface area contributed by atoms with Gasteiger partial charge in [-0.05, 0) is 18.2 Å². The number of ether oxygens (including phenoxy) is 6. The number of anilines is 1. The van der Waals surface area contributed by atoms with E-state index in [9.17, 15) is 33.9 Å². The Kier molecular flexibility index (Phi) is 9.94. The maximum absolute atomic E-state index is 11.9. The van der Waals surface area contributed by atoms with E-state index in [1.54, 1.807) is 0 Å². The highest BCUT2D eigenvalue weighted by Crippen LogP contribution is 2.34. The van der Waals surface area contributed by atoms with Crippen LogP contribution >= 0.6 is 0 Å². The Morgan fingerprint density at radius 3 is 1.92 bits per heavy atom. The molecule has 0 unspecified atom stereocenters. The summed E-state index contributed by atoms with van der Waals surface area (Å²) in [5.41, 5.74) is -0.224. The molecule has 0 aliphatic carbocycles. The number of carboxylic acid groups (broad SMARTS) is 1. The number of carboxylic acids is 1. The highest BCUT2D eigenvalue weighted by molar-refractivity contribution is 5.94. The van der Waals surface area contributed by atoms with Gasteiger partial charge in [0.05, 0.1) is 11.3 Å². The van der Waals surface area contributed by atoms with Crippen molar-refractivity contribution in [3.05, 3.63) is 23.8 Å². The van der Waals surface area contributed by atoms with Crippen LogP contribution in [0.1, 0.15) is 45.0 Å². The monoisotopic (exact) mass is 525 g/mol. The summed E-state index contributed by atoms with van der Waals surface area (Å²) in [6.07, 6.45) is -7.18. The molecule has 14 nitrogen and oxygen atoms in total. The molecule has 1 aliphatic rings. The van der Waals surface area contributed by atoms with E-state index in [2.05, 4.69) is 5.32 Å². The SMILES string of the molecule is CC(=O)Nc1cc(C(=O)O)ccc1O[C@@H]1O[C@H](COC(C)=O)[C@@H](OC(C)=O)[C@H](OC(C)=O)[C@H]1OC(C)=O. The van der Waals surface area contributed by atoms with Gasteiger partial charge in [0, 0.05) is 34.6 Å². The van der Waals surface area contributed by atoms with E-state index in [1.807, 2.05) is 0 Å². The summed E-state index contributed by atoms with van der Waals surface area (Å²) in [5, 5.41) is 11.7. The Morgan fingerprint density at radius 1 is 0.838 bits per heavy atom. The number of amides is 1. The number of aromatic carboxylic acids is 1. The minimum atomic E-state index is -1.57. The van der Waals surface area contributed by atoms with Crippen molar-refractivity contribution in [2.75, 3.05) is 11.9 Å². The van der Waals surface area contributed by atoms with E-state index < -0.39 is 73.1 Å². The Hall–Kier alpha value is -4.20. The third-order valence-electron chi connectivity index (χ3n) is 4.73. The first-order valence-corrected chi connectivity index (χ1v) is 10.9. The zero-order valence-corrected chi connectivity index (χ0v) is 20.7. The minimum absolute atomic E-state index is 0.0553. The number of hydrogen-bond acceptors (Lipinski definition) is 12. The largest absolute Gasteiger partial charge is 0.478 e. The highest BCUT2D eigenvalue weighted by Gasteiger charge is 2.53. The molecule has 0 spiro atoms. The van der Waals surface area contributed by atoms with Crippen molar-refractivity contribution in [2.24, 2.45) is 0 Å². The Balaban J connectivity index is 2.57. The zero-order chi connectivity index (χ0) is 27.9. The first-order valence-electron chi connectivity index (χ1n) is 10.9. The fourth-order valence-corrected chi connectivity index (χ4v) is 3.46. The molecular weight excluding hydrogens is 498 g/mol. The van der Waals surface area contributed by atoms with Crippen LogP contribution in [0.3, 0.4) is 0 Å². The van der Waals surface area contributed by atoms with E-state index in [0.717, 1.165) is 33.8 Å². The number of hydrogen-bond donors (Lipinski definition) is 2. The van der Waals surface area contributed by atoms with Crippen LogP contribution in [0.2, 0.25) is 0 Å². The average molecular weight is 525 g/mol. The van der Waals surface area contributed by atoms with Gasteiger partial charge in [-0.15, -0.1) is 0 Å². The van der Waals surface area contributed by atoms with E-state index in [4.69, 9.17) is 28.4 Å². The van der Waals surface area contributed by atoms with Crippen LogP contribution in [-0.4, -0.2) is 78.2 Å². The molecular formula is C23H27NO13. The van der Waals surface area contributed by atoms with Crippen LogP contribution in [-0.2, 0) is 47.7 Å². The van der Waals surface area contributed by atoms with Crippen molar-refractivity contribution in [1.82, 2.24) is 0 Å². The molecule has 14 heteroatoms. The number of esters is 4. The van der Waals surface area contributed by atoms with Gasteiger partial charge in [0.25, 0.3) is 0 Å². The molecule has 2 rings (SSSR count). The molecule has 5 atom stereocenters. The van der Waals surface area contributed by atoms with E-state index >= 15 is 0 Å². The lowest BCUT2D eigenvalue weighted by molar-refractivity contribution is -0.288. The number of carbonyl (C=O) groups excluding carboxylic acids is 5. The highest BCUT2D eigenvalue weighted by atomic mass is 16.7. The summed E-state index contributed by atoms with van der Waals surface area (Å²) in [5.74, 6) is -5.05. The Morgan fingerprint density at radius 2 is 1.41 bits per heavy atom. The van der Waals surface area contributed by atoms with Gasteiger partial charge in [0.1, 0.15) is 18.5 Å². The molecule has 0 radical (unpaired) electrons. The lowest BCUT2D eigenvalue weighted by Crippen LogP contribution is -2.63. The van der Waals surface area contributed by atoms with Crippen LogP contribution in [0.25, 0.3) is 0 Å². The smallest absolute Gasteiger partial charge is 0.335 e. The van der Waals surface area contributed by atoms with Crippen LogP contribution in [0.15, 0.2) is 18.2 Å². The molecule has 0 saturated carbocycles. The first-order chi connectivity index (χ1) is 17.3. The number of nitrogens with one attached hydrogen (secondary N) is 1. The molecule has 1 fully saturated rings. The van der Waals surface area contributed by atoms with Crippen LogP contribution in [0.5, 0.6) is 5.75 Å². The topological polar surface area (TPSA) is 190 Å². The van der Waals surface area contributed by atoms with Gasteiger partial charge in [-0.1, -0.05) is 0 Å².